The van der Waals surface area contributed by atoms with Crippen molar-refractivity contribution < 1.29 is 8.42 Å². The van der Waals surface area contributed by atoms with E-state index in [9.17, 15) is 8.42 Å². The van der Waals surface area contributed by atoms with Crippen molar-refractivity contribution in [1.29, 1.82) is 0 Å². The topological polar surface area (TPSA) is 66.4 Å². The van der Waals surface area contributed by atoms with E-state index in [2.05, 4.69) is 14.9 Å². The second-order valence-electron chi connectivity index (χ2n) is 5.38. The van der Waals surface area contributed by atoms with Crippen molar-refractivity contribution in [2.24, 2.45) is 5.92 Å². The van der Waals surface area contributed by atoms with Crippen LogP contribution in [0.4, 0.5) is 5.82 Å². The molecule has 0 aromatic carbocycles. The third kappa shape index (κ3) is 4.55. The summed E-state index contributed by atoms with van der Waals surface area (Å²) in [6.07, 6.45) is 6.98. The average Bonchev–Trinajstić information content (AvgIpc) is 2.47. The Kier molecular flexibility index (Phi) is 5.45. The number of piperidine rings is 1. The largest absolute Gasteiger partial charge is 0.356 e. The molecule has 0 aliphatic carbocycles. The quantitative estimate of drug-likeness (QED) is 0.599. The summed E-state index contributed by atoms with van der Waals surface area (Å²) in [7, 11) is -1.43. The van der Waals surface area contributed by atoms with E-state index in [-0.39, 0.29) is 0 Å². The lowest BCUT2D eigenvalue weighted by Crippen LogP contribution is -2.39. The van der Waals surface area contributed by atoms with Crippen LogP contribution in [0.1, 0.15) is 12.8 Å². The molecule has 1 fully saturated rings. The molecule has 0 spiro atoms. The zero-order valence-electron chi connectivity index (χ0n) is 12.7. The zero-order chi connectivity index (χ0) is 15.5. The maximum atomic E-state index is 11.5. The Hall–Kier alpha value is -0.860. The van der Waals surface area contributed by atoms with E-state index in [0.29, 0.717) is 12.5 Å². The van der Waals surface area contributed by atoms with E-state index < -0.39 is 10.0 Å². The summed E-state index contributed by atoms with van der Waals surface area (Å²) >= 11 is 1.54. The van der Waals surface area contributed by atoms with Gasteiger partial charge < -0.3 is 4.90 Å². The van der Waals surface area contributed by atoms with Gasteiger partial charge in [-0.3, -0.25) is 0 Å². The van der Waals surface area contributed by atoms with Gasteiger partial charge in [-0.2, -0.15) is 0 Å². The standard InChI is InChI=1S/C13H22N4O2S2/c1-16(21(3,18)19)10-11-5-8-17(9-6-11)12-4-7-14-13(15-12)20-2/h4,7,11H,5-6,8-10H2,1-3H3. The highest BCUT2D eigenvalue weighted by Gasteiger charge is 2.23. The molecule has 1 aromatic rings. The molecule has 2 heterocycles. The minimum atomic E-state index is -3.08. The Morgan fingerprint density at radius 3 is 2.67 bits per heavy atom. The van der Waals surface area contributed by atoms with Gasteiger partial charge in [0.15, 0.2) is 5.16 Å². The smallest absolute Gasteiger partial charge is 0.210 e. The number of aromatic nitrogens is 2. The van der Waals surface area contributed by atoms with Gasteiger partial charge in [0.25, 0.3) is 0 Å². The summed E-state index contributed by atoms with van der Waals surface area (Å²) in [4.78, 5) is 10.9. The summed E-state index contributed by atoms with van der Waals surface area (Å²) in [5.41, 5.74) is 0. The van der Waals surface area contributed by atoms with Crippen molar-refractivity contribution in [2.45, 2.75) is 18.0 Å². The zero-order valence-corrected chi connectivity index (χ0v) is 14.3. The van der Waals surface area contributed by atoms with E-state index in [4.69, 9.17) is 0 Å². The Labute approximate surface area is 131 Å². The lowest BCUT2D eigenvalue weighted by Gasteiger charge is -2.34. The maximum absolute atomic E-state index is 11.5. The van der Waals surface area contributed by atoms with Gasteiger partial charge >= 0.3 is 0 Å². The molecular weight excluding hydrogens is 308 g/mol. The molecule has 1 saturated heterocycles. The predicted octanol–water partition coefficient (Wildman–Crippen LogP) is 1.31. The molecule has 0 bridgehead atoms. The highest BCUT2D eigenvalue weighted by molar-refractivity contribution is 7.98. The molecule has 0 radical (unpaired) electrons. The highest BCUT2D eigenvalue weighted by atomic mass is 32.2. The maximum Gasteiger partial charge on any atom is 0.210 e. The van der Waals surface area contributed by atoms with Gasteiger partial charge in [-0.25, -0.2) is 22.7 Å². The Balaban J connectivity index is 1.91. The third-order valence-corrected chi connectivity index (χ3v) is 5.66. The van der Waals surface area contributed by atoms with E-state index >= 15 is 0 Å². The molecule has 1 aromatic heterocycles. The predicted molar refractivity (Wildman–Crippen MR) is 86.2 cm³/mol. The van der Waals surface area contributed by atoms with E-state index in [0.717, 1.165) is 36.9 Å². The second-order valence-corrected chi connectivity index (χ2v) is 8.24. The summed E-state index contributed by atoms with van der Waals surface area (Å²) in [5.74, 6) is 1.38. The van der Waals surface area contributed by atoms with Crippen LogP contribution >= 0.6 is 11.8 Å². The summed E-state index contributed by atoms with van der Waals surface area (Å²) in [6, 6.07) is 1.93. The molecule has 118 valence electrons. The number of thioether (sulfide) groups is 1. The number of anilines is 1. The molecule has 1 aliphatic heterocycles. The van der Waals surface area contributed by atoms with Gasteiger partial charge in [-0.15, -0.1) is 0 Å². The minimum Gasteiger partial charge on any atom is -0.356 e. The van der Waals surface area contributed by atoms with Crippen molar-refractivity contribution in [2.75, 3.05) is 44.1 Å². The lowest BCUT2D eigenvalue weighted by molar-refractivity contribution is 0.328. The van der Waals surface area contributed by atoms with Gasteiger partial charge in [0.05, 0.1) is 6.26 Å². The lowest BCUT2D eigenvalue weighted by atomic mass is 9.97. The first-order chi connectivity index (χ1) is 9.90. The number of hydrogen-bond acceptors (Lipinski definition) is 6. The first-order valence-electron chi connectivity index (χ1n) is 6.93. The van der Waals surface area contributed by atoms with Crippen LogP contribution in [0.25, 0.3) is 0 Å². The second kappa shape index (κ2) is 6.93. The van der Waals surface area contributed by atoms with Gasteiger partial charge in [-0.05, 0) is 31.1 Å². The number of nitrogens with zero attached hydrogens (tertiary/aromatic N) is 4. The van der Waals surface area contributed by atoms with Crippen LogP contribution < -0.4 is 4.90 Å². The van der Waals surface area contributed by atoms with Gasteiger partial charge in [0, 0.05) is 32.9 Å². The van der Waals surface area contributed by atoms with Crippen molar-refractivity contribution in [3.05, 3.63) is 12.3 Å². The van der Waals surface area contributed by atoms with Crippen LogP contribution in [0, 0.1) is 5.92 Å². The average molecular weight is 330 g/mol. The van der Waals surface area contributed by atoms with Crippen LogP contribution in [0.3, 0.4) is 0 Å². The van der Waals surface area contributed by atoms with E-state index in [1.807, 2.05) is 12.3 Å². The fourth-order valence-corrected chi connectivity index (χ4v) is 3.28. The number of sulfonamides is 1. The summed E-state index contributed by atoms with van der Waals surface area (Å²) in [5, 5.41) is 0.784. The van der Waals surface area contributed by atoms with Crippen molar-refractivity contribution in [3.8, 4) is 0 Å². The molecule has 21 heavy (non-hydrogen) atoms. The molecule has 2 rings (SSSR count). The number of hydrogen-bond donors (Lipinski definition) is 0. The molecule has 0 unspecified atom stereocenters. The molecule has 8 heteroatoms. The first kappa shape index (κ1) is 16.5. The third-order valence-electron chi connectivity index (χ3n) is 3.82. The summed E-state index contributed by atoms with van der Waals surface area (Å²) in [6.45, 7) is 2.42. The molecule has 1 aliphatic rings. The van der Waals surface area contributed by atoms with E-state index in [1.54, 1.807) is 13.2 Å². The molecule has 0 saturated carbocycles. The van der Waals surface area contributed by atoms with Crippen molar-refractivity contribution >= 4 is 27.6 Å². The Morgan fingerprint density at radius 1 is 1.43 bits per heavy atom. The van der Waals surface area contributed by atoms with Gasteiger partial charge in [-0.1, -0.05) is 11.8 Å². The summed E-state index contributed by atoms with van der Waals surface area (Å²) < 4.78 is 24.4. The van der Waals surface area contributed by atoms with Crippen molar-refractivity contribution in [1.82, 2.24) is 14.3 Å². The van der Waals surface area contributed by atoms with Crippen LogP contribution in [0.15, 0.2) is 17.4 Å². The molecule has 0 amide bonds. The first-order valence-corrected chi connectivity index (χ1v) is 10.0. The van der Waals surface area contributed by atoms with Crippen LogP contribution in [-0.2, 0) is 10.0 Å². The monoisotopic (exact) mass is 330 g/mol. The molecule has 0 N–H and O–H groups in total. The molecule has 6 nitrogen and oxygen atoms in total. The van der Waals surface area contributed by atoms with Gasteiger partial charge in [0.1, 0.15) is 5.82 Å². The normalized spacial score (nSPS) is 17.4. The minimum absolute atomic E-state index is 0.419. The molecule has 0 atom stereocenters. The van der Waals surface area contributed by atoms with Gasteiger partial charge in [0.2, 0.25) is 10.0 Å². The number of rotatable bonds is 5. The Morgan fingerprint density at radius 2 is 2.10 bits per heavy atom. The van der Waals surface area contributed by atoms with Crippen LogP contribution in [0.2, 0.25) is 0 Å². The van der Waals surface area contributed by atoms with Crippen LogP contribution in [-0.4, -0.2) is 61.9 Å². The SMILES string of the molecule is CSc1nccc(N2CCC(CN(C)S(C)(=O)=O)CC2)n1. The molecular formula is C13H22N4O2S2. The van der Waals surface area contributed by atoms with Crippen LogP contribution in [0.5, 0.6) is 0 Å². The van der Waals surface area contributed by atoms with Crippen molar-refractivity contribution in [3.63, 3.8) is 0 Å². The fourth-order valence-electron chi connectivity index (χ4n) is 2.45. The fraction of sp³-hybridized carbons (Fsp3) is 0.692. The Bertz CT molecular complexity index is 571. The van der Waals surface area contributed by atoms with E-state index in [1.165, 1.54) is 22.3 Å². The highest BCUT2D eigenvalue weighted by Crippen LogP contribution is 2.23.